The van der Waals surface area contributed by atoms with Crippen LogP contribution < -0.4 is 21.5 Å². The highest BCUT2D eigenvalue weighted by Crippen LogP contribution is 2.36. The van der Waals surface area contributed by atoms with Gasteiger partial charge in [-0.05, 0) is 80.3 Å². The van der Waals surface area contributed by atoms with Crippen LogP contribution in [0.25, 0.3) is 5.69 Å². The van der Waals surface area contributed by atoms with Crippen LogP contribution in [-0.4, -0.2) is 59.1 Å². The topological polar surface area (TPSA) is 91.3 Å². The summed E-state index contributed by atoms with van der Waals surface area (Å²) in [5.41, 5.74) is 3.59. The standard InChI is InChI=1S/C32H40N6O2/c1-22-8-9-25(30(39)35-26-10-11-26)18-27(22)38-17-14-34-29(31(38)40)36-28(24-6-4-3-5-7-24)23(2)19-37-15-12-32(13-16-37)20-33-21-32/h3-9,14,17-18,23,26,28,33H,10-13,15-16,19-21H2,1-2H3,(H,34,36)(H,35,39)/t23-,28-/m1/s1. The number of likely N-dealkylation sites (tertiary alicyclic amines) is 1. The number of benzene rings is 2. The summed E-state index contributed by atoms with van der Waals surface area (Å²) < 4.78 is 1.60. The highest BCUT2D eigenvalue weighted by atomic mass is 16.2. The Bertz CT molecular complexity index is 1400. The van der Waals surface area contributed by atoms with Gasteiger partial charge in [-0.15, -0.1) is 0 Å². The molecule has 0 unspecified atom stereocenters. The number of hydrogen-bond donors (Lipinski definition) is 3. The van der Waals surface area contributed by atoms with Crippen molar-refractivity contribution >= 4 is 11.7 Å². The molecule has 40 heavy (non-hydrogen) atoms. The molecule has 1 aliphatic carbocycles. The minimum absolute atomic E-state index is 0.0738. The number of piperidine rings is 1. The summed E-state index contributed by atoms with van der Waals surface area (Å²) in [6, 6.07) is 16.1. The molecular weight excluding hydrogens is 500 g/mol. The Kier molecular flexibility index (Phi) is 7.47. The molecule has 1 amide bonds. The molecule has 1 saturated carbocycles. The summed E-state index contributed by atoms with van der Waals surface area (Å²) >= 11 is 0. The van der Waals surface area contributed by atoms with E-state index in [2.05, 4.69) is 44.9 Å². The molecule has 3 aromatic rings. The Morgan fingerprint density at radius 1 is 1.12 bits per heavy atom. The third-order valence-corrected chi connectivity index (χ3v) is 8.97. The number of aromatic nitrogens is 2. The van der Waals surface area contributed by atoms with Crippen molar-refractivity contribution in [3.8, 4) is 5.69 Å². The first kappa shape index (κ1) is 26.7. The Labute approximate surface area is 236 Å². The Hall–Kier alpha value is -3.49. The number of aryl methyl sites for hydroxylation is 1. The lowest BCUT2D eigenvalue weighted by Gasteiger charge is -2.49. The fourth-order valence-corrected chi connectivity index (χ4v) is 6.12. The minimum atomic E-state index is -0.226. The molecule has 0 radical (unpaired) electrons. The molecule has 6 rings (SSSR count). The number of anilines is 1. The molecule has 3 heterocycles. The maximum absolute atomic E-state index is 13.8. The van der Waals surface area contributed by atoms with Crippen molar-refractivity contribution in [2.45, 2.75) is 51.6 Å². The highest BCUT2D eigenvalue weighted by Gasteiger charge is 2.40. The average molecular weight is 541 g/mol. The number of carbonyl (C=O) groups is 1. The van der Waals surface area contributed by atoms with Gasteiger partial charge in [-0.1, -0.05) is 43.3 Å². The van der Waals surface area contributed by atoms with E-state index in [9.17, 15) is 9.59 Å². The van der Waals surface area contributed by atoms with Crippen molar-refractivity contribution < 1.29 is 4.79 Å². The quantitative estimate of drug-likeness (QED) is 0.381. The van der Waals surface area contributed by atoms with Gasteiger partial charge >= 0.3 is 0 Å². The van der Waals surface area contributed by atoms with E-state index in [4.69, 9.17) is 0 Å². The first-order valence-electron chi connectivity index (χ1n) is 14.6. The number of nitrogens with zero attached hydrogens (tertiary/aromatic N) is 3. The van der Waals surface area contributed by atoms with Crippen molar-refractivity contribution in [2.24, 2.45) is 11.3 Å². The SMILES string of the molecule is Cc1ccc(C(=O)NC2CC2)cc1-n1ccnc(N[C@@H](c2ccccc2)[C@H](C)CN2CCC3(CC2)CNC3)c1=O. The number of amides is 1. The van der Waals surface area contributed by atoms with Gasteiger partial charge in [0, 0.05) is 43.6 Å². The smallest absolute Gasteiger partial charge is 0.297 e. The van der Waals surface area contributed by atoms with Crippen LogP contribution in [0.5, 0.6) is 0 Å². The number of hydrogen-bond acceptors (Lipinski definition) is 6. The van der Waals surface area contributed by atoms with Crippen LogP contribution in [0.1, 0.15) is 60.1 Å². The molecule has 1 aromatic heterocycles. The number of carbonyl (C=O) groups excluding carboxylic acids is 1. The number of rotatable bonds is 9. The molecule has 3 N–H and O–H groups in total. The van der Waals surface area contributed by atoms with Crippen LogP contribution in [0.15, 0.2) is 65.7 Å². The first-order valence-corrected chi connectivity index (χ1v) is 14.6. The lowest BCUT2D eigenvalue weighted by molar-refractivity contribution is 0.0480. The van der Waals surface area contributed by atoms with Crippen LogP contribution in [-0.2, 0) is 0 Å². The molecule has 8 nitrogen and oxygen atoms in total. The van der Waals surface area contributed by atoms with E-state index in [1.54, 1.807) is 23.0 Å². The Morgan fingerprint density at radius 2 is 1.88 bits per heavy atom. The summed E-state index contributed by atoms with van der Waals surface area (Å²) in [6.45, 7) is 9.72. The van der Waals surface area contributed by atoms with Crippen LogP contribution in [0.4, 0.5) is 5.82 Å². The summed E-state index contributed by atoms with van der Waals surface area (Å²) in [4.78, 5) is 33.6. The maximum atomic E-state index is 13.8. The Morgan fingerprint density at radius 3 is 2.55 bits per heavy atom. The molecule has 3 aliphatic rings. The van der Waals surface area contributed by atoms with Gasteiger partial charge in [0.2, 0.25) is 0 Å². The van der Waals surface area contributed by atoms with Gasteiger partial charge in [0.05, 0.1) is 11.7 Å². The van der Waals surface area contributed by atoms with Gasteiger partial charge in [-0.3, -0.25) is 14.2 Å². The monoisotopic (exact) mass is 540 g/mol. The third kappa shape index (κ3) is 5.69. The molecule has 1 spiro atoms. The third-order valence-electron chi connectivity index (χ3n) is 8.97. The fourth-order valence-electron chi connectivity index (χ4n) is 6.12. The van der Waals surface area contributed by atoms with Gasteiger partial charge < -0.3 is 20.9 Å². The predicted octanol–water partition coefficient (Wildman–Crippen LogP) is 3.91. The predicted molar refractivity (Wildman–Crippen MR) is 158 cm³/mol. The van der Waals surface area contributed by atoms with E-state index in [-0.39, 0.29) is 29.5 Å². The van der Waals surface area contributed by atoms with Crippen molar-refractivity contribution in [1.82, 2.24) is 25.1 Å². The molecule has 210 valence electrons. The van der Waals surface area contributed by atoms with Gasteiger partial charge in [0.1, 0.15) is 0 Å². The van der Waals surface area contributed by atoms with Gasteiger partial charge in [0.25, 0.3) is 11.5 Å². The van der Waals surface area contributed by atoms with Crippen molar-refractivity contribution in [3.05, 3.63) is 88.0 Å². The van der Waals surface area contributed by atoms with Crippen molar-refractivity contribution in [1.29, 1.82) is 0 Å². The molecular formula is C32H40N6O2. The second-order valence-electron chi connectivity index (χ2n) is 12.1. The zero-order valence-corrected chi connectivity index (χ0v) is 23.5. The van der Waals surface area contributed by atoms with Crippen molar-refractivity contribution in [3.63, 3.8) is 0 Å². The average Bonchev–Trinajstić information content (AvgIpc) is 3.77. The van der Waals surface area contributed by atoms with E-state index in [0.29, 0.717) is 22.5 Å². The largest absolute Gasteiger partial charge is 0.358 e. The molecule has 2 aromatic carbocycles. The van der Waals surface area contributed by atoms with Gasteiger partial charge in [-0.25, -0.2) is 4.98 Å². The van der Waals surface area contributed by atoms with Crippen LogP contribution in [0.3, 0.4) is 0 Å². The zero-order valence-electron chi connectivity index (χ0n) is 23.5. The van der Waals surface area contributed by atoms with E-state index in [1.165, 1.54) is 12.8 Å². The van der Waals surface area contributed by atoms with E-state index in [1.807, 2.05) is 37.3 Å². The number of nitrogens with one attached hydrogen (secondary N) is 3. The van der Waals surface area contributed by atoms with E-state index in [0.717, 1.165) is 56.7 Å². The molecule has 2 aliphatic heterocycles. The molecule has 2 saturated heterocycles. The van der Waals surface area contributed by atoms with Crippen molar-refractivity contribution in [2.75, 3.05) is 38.0 Å². The van der Waals surface area contributed by atoms with Crippen LogP contribution in [0.2, 0.25) is 0 Å². The van der Waals surface area contributed by atoms with E-state index < -0.39 is 0 Å². The second kappa shape index (κ2) is 11.2. The minimum Gasteiger partial charge on any atom is -0.358 e. The summed E-state index contributed by atoms with van der Waals surface area (Å²) in [5, 5.41) is 10.0. The normalized spacial score (nSPS) is 19.9. The summed E-state index contributed by atoms with van der Waals surface area (Å²) in [5.74, 6) is 0.468. The molecule has 3 fully saturated rings. The first-order chi connectivity index (χ1) is 19.4. The lowest BCUT2D eigenvalue weighted by Crippen LogP contribution is -2.58. The summed E-state index contributed by atoms with van der Waals surface area (Å²) in [7, 11) is 0. The highest BCUT2D eigenvalue weighted by molar-refractivity contribution is 5.95. The van der Waals surface area contributed by atoms with Crippen LogP contribution >= 0.6 is 0 Å². The lowest BCUT2D eigenvalue weighted by atomic mass is 9.73. The molecule has 8 heteroatoms. The second-order valence-corrected chi connectivity index (χ2v) is 12.1. The fraction of sp³-hybridized carbons (Fsp3) is 0.469. The molecule has 2 atom stereocenters. The Balaban J connectivity index is 1.24. The maximum Gasteiger partial charge on any atom is 0.297 e. The van der Waals surface area contributed by atoms with E-state index >= 15 is 0 Å². The van der Waals surface area contributed by atoms with Gasteiger partial charge in [0.15, 0.2) is 5.82 Å². The summed E-state index contributed by atoms with van der Waals surface area (Å²) in [6.07, 6.45) is 7.89. The van der Waals surface area contributed by atoms with Crippen LogP contribution in [0, 0.1) is 18.3 Å². The van der Waals surface area contributed by atoms with Gasteiger partial charge in [-0.2, -0.15) is 0 Å². The molecule has 0 bridgehead atoms. The zero-order chi connectivity index (χ0) is 27.7.